The van der Waals surface area contributed by atoms with Crippen molar-refractivity contribution < 1.29 is 27.8 Å². The van der Waals surface area contributed by atoms with Crippen molar-refractivity contribution in [3.8, 4) is 5.75 Å². The SMILES string of the molecule is COC(CNC(=O)c1cccc(OC(F)F)c1)OC. The van der Waals surface area contributed by atoms with Crippen LogP contribution in [0.1, 0.15) is 10.4 Å². The largest absolute Gasteiger partial charge is 0.435 e. The number of hydrogen-bond donors (Lipinski definition) is 1. The standard InChI is InChI=1S/C12H15F2NO4/c1-17-10(18-2)7-15-11(16)8-4-3-5-9(6-8)19-12(13)14/h3-6,10,12H,7H2,1-2H3,(H,15,16). The molecular weight excluding hydrogens is 260 g/mol. The topological polar surface area (TPSA) is 56.8 Å². The van der Waals surface area contributed by atoms with Crippen LogP contribution in [0.25, 0.3) is 0 Å². The Kier molecular flexibility index (Phi) is 6.17. The van der Waals surface area contributed by atoms with Crippen LogP contribution in [-0.2, 0) is 9.47 Å². The maximum Gasteiger partial charge on any atom is 0.387 e. The predicted molar refractivity (Wildman–Crippen MR) is 63.2 cm³/mol. The molecule has 0 aliphatic heterocycles. The fourth-order valence-corrected chi connectivity index (χ4v) is 1.35. The van der Waals surface area contributed by atoms with E-state index in [0.29, 0.717) is 0 Å². The fraction of sp³-hybridized carbons (Fsp3) is 0.417. The minimum absolute atomic E-state index is 0.0716. The summed E-state index contributed by atoms with van der Waals surface area (Å²) in [6.07, 6.45) is -0.565. The van der Waals surface area contributed by atoms with Crippen LogP contribution in [0.5, 0.6) is 5.75 Å². The highest BCUT2D eigenvalue weighted by atomic mass is 19.3. The van der Waals surface area contributed by atoms with Gasteiger partial charge in [-0.1, -0.05) is 6.07 Å². The number of nitrogens with one attached hydrogen (secondary N) is 1. The second-order valence-electron chi connectivity index (χ2n) is 3.52. The molecule has 1 N–H and O–H groups in total. The predicted octanol–water partition coefficient (Wildman–Crippen LogP) is 1.64. The zero-order chi connectivity index (χ0) is 14.3. The van der Waals surface area contributed by atoms with Crippen molar-refractivity contribution in [2.45, 2.75) is 12.9 Å². The first-order chi connectivity index (χ1) is 9.06. The molecule has 1 amide bonds. The maximum absolute atomic E-state index is 12.0. The molecule has 0 aromatic heterocycles. The van der Waals surface area contributed by atoms with E-state index in [1.54, 1.807) is 0 Å². The van der Waals surface area contributed by atoms with Gasteiger partial charge in [-0.15, -0.1) is 0 Å². The summed E-state index contributed by atoms with van der Waals surface area (Å²) < 4.78 is 38.1. The Labute approximate surface area is 109 Å². The van der Waals surface area contributed by atoms with Crippen molar-refractivity contribution >= 4 is 5.91 Å². The molecule has 5 nitrogen and oxygen atoms in total. The van der Waals surface area contributed by atoms with E-state index in [1.807, 2.05) is 0 Å². The second kappa shape index (κ2) is 7.65. The Hall–Kier alpha value is -1.73. The second-order valence-corrected chi connectivity index (χ2v) is 3.52. The molecular formula is C12H15F2NO4. The molecule has 7 heteroatoms. The zero-order valence-electron chi connectivity index (χ0n) is 10.6. The molecule has 0 saturated carbocycles. The highest BCUT2D eigenvalue weighted by Gasteiger charge is 2.11. The van der Waals surface area contributed by atoms with Gasteiger partial charge in [-0.3, -0.25) is 4.79 Å². The molecule has 0 unspecified atom stereocenters. The van der Waals surface area contributed by atoms with Crippen molar-refractivity contribution in [3.05, 3.63) is 29.8 Å². The third-order valence-electron chi connectivity index (χ3n) is 2.28. The first-order valence-electron chi connectivity index (χ1n) is 5.45. The van der Waals surface area contributed by atoms with Gasteiger partial charge in [0, 0.05) is 19.8 Å². The molecule has 1 rings (SSSR count). The third-order valence-corrected chi connectivity index (χ3v) is 2.28. The van der Waals surface area contributed by atoms with Gasteiger partial charge in [0.05, 0.1) is 6.54 Å². The van der Waals surface area contributed by atoms with Crippen LogP contribution < -0.4 is 10.1 Å². The first-order valence-corrected chi connectivity index (χ1v) is 5.45. The van der Waals surface area contributed by atoms with Gasteiger partial charge < -0.3 is 19.5 Å². The fourth-order valence-electron chi connectivity index (χ4n) is 1.35. The summed E-state index contributed by atoms with van der Waals surface area (Å²) in [5.41, 5.74) is 0.212. The molecule has 0 aliphatic rings. The van der Waals surface area contributed by atoms with Crippen molar-refractivity contribution in [2.75, 3.05) is 20.8 Å². The van der Waals surface area contributed by atoms with Crippen molar-refractivity contribution in [1.29, 1.82) is 0 Å². The number of carbonyl (C=O) groups excluding carboxylic acids is 1. The minimum Gasteiger partial charge on any atom is -0.435 e. The number of methoxy groups -OCH3 is 2. The van der Waals surface area contributed by atoms with Crippen LogP contribution in [0.15, 0.2) is 24.3 Å². The van der Waals surface area contributed by atoms with Crippen LogP contribution in [-0.4, -0.2) is 39.6 Å². The quantitative estimate of drug-likeness (QED) is 0.768. The van der Waals surface area contributed by atoms with Crippen molar-refractivity contribution in [1.82, 2.24) is 5.32 Å². The van der Waals surface area contributed by atoms with Gasteiger partial charge >= 0.3 is 6.61 Å². The summed E-state index contributed by atoms with van der Waals surface area (Å²) in [5, 5.41) is 2.55. The van der Waals surface area contributed by atoms with Gasteiger partial charge in [0.15, 0.2) is 6.29 Å². The smallest absolute Gasteiger partial charge is 0.387 e. The van der Waals surface area contributed by atoms with Gasteiger partial charge in [-0.2, -0.15) is 8.78 Å². The first kappa shape index (κ1) is 15.3. The molecule has 106 valence electrons. The summed E-state index contributed by atoms with van der Waals surface area (Å²) in [5.74, 6) is -0.503. The summed E-state index contributed by atoms with van der Waals surface area (Å²) in [7, 11) is 2.88. The third kappa shape index (κ3) is 5.19. The van der Waals surface area contributed by atoms with Crippen LogP contribution in [0.2, 0.25) is 0 Å². The van der Waals surface area contributed by atoms with Crippen LogP contribution in [0, 0.1) is 0 Å². The normalized spacial score (nSPS) is 10.8. The number of rotatable bonds is 7. The van der Waals surface area contributed by atoms with Crippen molar-refractivity contribution in [2.24, 2.45) is 0 Å². The minimum atomic E-state index is -2.93. The van der Waals surface area contributed by atoms with Crippen LogP contribution >= 0.6 is 0 Å². The Morgan fingerprint density at radius 2 is 2.00 bits per heavy atom. The Morgan fingerprint density at radius 3 is 2.58 bits per heavy atom. The van der Waals surface area contributed by atoms with E-state index in [1.165, 1.54) is 38.5 Å². The molecule has 0 saturated heterocycles. The maximum atomic E-state index is 12.0. The number of amides is 1. The summed E-state index contributed by atoms with van der Waals surface area (Å²) in [4.78, 5) is 11.8. The molecule has 1 aromatic carbocycles. The molecule has 0 spiro atoms. The van der Waals surface area contributed by atoms with Gasteiger partial charge in [0.2, 0.25) is 0 Å². The van der Waals surface area contributed by atoms with E-state index in [-0.39, 0.29) is 17.9 Å². The van der Waals surface area contributed by atoms with Gasteiger partial charge in [0.1, 0.15) is 5.75 Å². The molecule has 0 aliphatic carbocycles. The molecule has 1 aromatic rings. The molecule has 0 heterocycles. The van der Waals surface area contributed by atoms with E-state index in [0.717, 1.165) is 0 Å². The molecule has 0 bridgehead atoms. The van der Waals surface area contributed by atoms with Crippen LogP contribution in [0.3, 0.4) is 0 Å². The lowest BCUT2D eigenvalue weighted by atomic mass is 10.2. The molecule has 0 atom stereocenters. The average molecular weight is 275 g/mol. The lowest BCUT2D eigenvalue weighted by Gasteiger charge is -2.14. The molecule has 0 radical (unpaired) electrons. The number of hydrogen-bond acceptors (Lipinski definition) is 4. The van der Waals surface area contributed by atoms with Gasteiger partial charge in [-0.05, 0) is 18.2 Å². The van der Waals surface area contributed by atoms with Crippen molar-refractivity contribution in [3.63, 3.8) is 0 Å². The number of carbonyl (C=O) groups is 1. The van der Waals surface area contributed by atoms with Crippen LogP contribution in [0.4, 0.5) is 8.78 Å². The Balaban J connectivity index is 2.61. The average Bonchev–Trinajstić information content (AvgIpc) is 2.39. The summed E-state index contributed by atoms with van der Waals surface area (Å²) >= 11 is 0. The highest BCUT2D eigenvalue weighted by molar-refractivity contribution is 5.94. The van der Waals surface area contributed by atoms with E-state index >= 15 is 0 Å². The number of alkyl halides is 2. The lowest BCUT2D eigenvalue weighted by molar-refractivity contribution is -0.0974. The summed E-state index contributed by atoms with van der Waals surface area (Å²) in [6, 6.07) is 5.52. The zero-order valence-corrected chi connectivity index (χ0v) is 10.6. The molecule has 0 fully saturated rings. The van der Waals surface area contributed by atoms with E-state index in [2.05, 4.69) is 10.1 Å². The number of ether oxygens (including phenoxy) is 3. The Bertz CT molecular complexity index is 410. The van der Waals surface area contributed by atoms with Gasteiger partial charge in [0.25, 0.3) is 5.91 Å². The molecule has 19 heavy (non-hydrogen) atoms. The lowest BCUT2D eigenvalue weighted by Crippen LogP contribution is -2.34. The van der Waals surface area contributed by atoms with E-state index in [9.17, 15) is 13.6 Å². The monoisotopic (exact) mass is 275 g/mol. The van der Waals surface area contributed by atoms with Gasteiger partial charge in [-0.25, -0.2) is 0 Å². The summed E-state index contributed by atoms with van der Waals surface area (Å²) in [6.45, 7) is -2.78. The van der Waals surface area contributed by atoms with E-state index in [4.69, 9.17) is 9.47 Å². The Morgan fingerprint density at radius 1 is 1.32 bits per heavy atom. The number of halogens is 2. The highest BCUT2D eigenvalue weighted by Crippen LogP contribution is 2.15. The number of benzene rings is 1. The van der Waals surface area contributed by atoms with E-state index < -0.39 is 18.8 Å².